The quantitative estimate of drug-likeness (QED) is 0.874. The van der Waals surface area contributed by atoms with Crippen LogP contribution in [-0.4, -0.2) is 22.7 Å². The zero-order valence-corrected chi connectivity index (χ0v) is 10.1. The van der Waals surface area contributed by atoms with Crippen LogP contribution in [-0.2, 0) is 4.74 Å². The van der Waals surface area contributed by atoms with E-state index in [0.29, 0.717) is 6.61 Å². The van der Waals surface area contributed by atoms with Crippen molar-refractivity contribution in [2.24, 2.45) is 5.73 Å². The number of ether oxygens (including phenoxy) is 1. The minimum absolute atomic E-state index is 0.121. The molecule has 2 N–H and O–H groups in total. The van der Waals surface area contributed by atoms with Gasteiger partial charge in [-0.15, -0.1) is 0 Å². The molecule has 4 nitrogen and oxygen atoms in total. The summed E-state index contributed by atoms with van der Waals surface area (Å²) in [5.74, 6) is 0. The summed E-state index contributed by atoms with van der Waals surface area (Å²) in [6.07, 6.45) is 3.56. The van der Waals surface area contributed by atoms with E-state index < -0.39 is 0 Å². The predicted molar refractivity (Wildman–Crippen MR) is 67.6 cm³/mol. The van der Waals surface area contributed by atoms with Gasteiger partial charge in [-0.3, -0.25) is 9.97 Å². The molecule has 0 radical (unpaired) electrons. The van der Waals surface area contributed by atoms with Gasteiger partial charge in [0.1, 0.15) is 0 Å². The van der Waals surface area contributed by atoms with Crippen LogP contribution in [0.5, 0.6) is 0 Å². The number of nitrogens with two attached hydrogens (primary N) is 1. The second-order valence-electron chi connectivity index (χ2n) is 4.29. The molecule has 0 saturated carbocycles. The van der Waals surface area contributed by atoms with Gasteiger partial charge < -0.3 is 10.5 Å². The van der Waals surface area contributed by atoms with Crippen molar-refractivity contribution in [2.75, 3.05) is 6.61 Å². The molecular weight excluding hydrogens is 214 g/mol. The monoisotopic (exact) mass is 231 g/mol. The van der Waals surface area contributed by atoms with Gasteiger partial charge in [0.05, 0.1) is 29.8 Å². The van der Waals surface area contributed by atoms with E-state index in [1.165, 1.54) is 0 Å². The molecule has 0 aliphatic rings. The van der Waals surface area contributed by atoms with Crippen LogP contribution in [0.4, 0.5) is 0 Å². The zero-order valence-electron chi connectivity index (χ0n) is 10.1. The smallest absolute Gasteiger partial charge is 0.0890 e. The van der Waals surface area contributed by atoms with Gasteiger partial charge >= 0.3 is 0 Å². The number of aromatic nitrogens is 2. The molecule has 2 aromatic rings. The summed E-state index contributed by atoms with van der Waals surface area (Å²) in [7, 11) is 0. The van der Waals surface area contributed by atoms with Crippen LogP contribution < -0.4 is 5.73 Å². The lowest BCUT2D eigenvalue weighted by molar-refractivity contribution is 0.0683. The molecule has 90 valence electrons. The zero-order chi connectivity index (χ0) is 12.3. The third-order valence-corrected chi connectivity index (χ3v) is 2.53. The third-order valence-electron chi connectivity index (χ3n) is 2.53. The summed E-state index contributed by atoms with van der Waals surface area (Å²) in [4.78, 5) is 8.48. The molecule has 0 aliphatic carbocycles. The van der Waals surface area contributed by atoms with Crippen molar-refractivity contribution in [1.29, 1.82) is 0 Å². The van der Waals surface area contributed by atoms with Gasteiger partial charge in [-0.2, -0.15) is 0 Å². The van der Waals surface area contributed by atoms with Gasteiger partial charge in [-0.05, 0) is 31.5 Å². The van der Waals surface area contributed by atoms with Crippen LogP contribution in [0.1, 0.15) is 25.5 Å². The maximum atomic E-state index is 6.06. The Morgan fingerprint density at radius 3 is 2.59 bits per heavy atom. The van der Waals surface area contributed by atoms with Crippen molar-refractivity contribution < 1.29 is 4.74 Å². The minimum Gasteiger partial charge on any atom is -0.377 e. The molecule has 0 saturated heterocycles. The summed E-state index contributed by atoms with van der Waals surface area (Å²) < 4.78 is 5.51. The second-order valence-corrected chi connectivity index (χ2v) is 4.29. The van der Waals surface area contributed by atoms with E-state index in [1.807, 2.05) is 32.0 Å². The molecule has 4 heteroatoms. The van der Waals surface area contributed by atoms with E-state index in [2.05, 4.69) is 9.97 Å². The minimum atomic E-state index is -0.121. The van der Waals surface area contributed by atoms with E-state index in [1.54, 1.807) is 12.4 Å². The topological polar surface area (TPSA) is 61.0 Å². The SMILES string of the molecule is CC(C)OCC(N)c1ccc2nccnc2c1. The fraction of sp³-hybridized carbons (Fsp3) is 0.385. The summed E-state index contributed by atoms with van der Waals surface area (Å²) in [5.41, 5.74) is 8.84. The average Bonchev–Trinajstić information content (AvgIpc) is 2.35. The first-order chi connectivity index (χ1) is 8.16. The van der Waals surface area contributed by atoms with E-state index >= 15 is 0 Å². The van der Waals surface area contributed by atoms with Crippen LogP contribution in [0.3, 0.4) is 0 Å². The Morgan fingerprint density at radius 1 is 1.18 bits per heavy atom. The van der Waals surface area contributed by atoms with Crippen LogP contribution in [0.2, 0.25) is 0 Å². The van der Waals surface area contributed by atoms with Crippen molar-refractivity contribution >= 4 is 11.0 Å². The number of rotatable bonds is 4. The fourth-order valence-electron chi connectivity index (χ4n) is 1.60. The van der Waals surface area contributed by atoms with Gasteiger partial charge in [0.15, 0.2) is 0 Å². The highest BCUT2D eigenvalue weighted by atomic mass is 16.5. The molecule has 0 bridgehead atoms. The average molecular weight is 231 g/mol. The van der Waals surface area contributed by atoms with Crippen LogP contribution in [0, 0.1) is 0 Å². The molecule has 0 aliphatic heterocycles. The van der Waals surface area contributed by atoms with E-state index in [-0.39, 0.29) is 12.1 Å². The molecular formula is C13H17N3O. The van der Waals surface area contributed by atoms with Gasteiger partial charge in [0.2, 0.25) is 0 Å². The van der Waals surface area contributed by atoms with Crippen molar-refractivity contribution in [1.82, 2.24) is 9.97 Å². The fourth-order valence-corrected chi connectivity index (χ4v) is 1.60. The van der Waals surface area contributed by atoms with Crippen molar-refractivity contribution in [2.45, 2.75) is 26.0 Å². The summed E-state index contributed by atoms with van der Waals surface area (Å²) in [5, 5.41) is 0. The predicted octanol–water partition coefficient (Wildman–Crippen LogP) is 2.05. The number of hydrogen-bond donors (Lipinski definition) is 1. The van der Waals surface area contributed by atoms with Gasteiger partial charge in [-0.1, -0.05) is 6.07 Å². The molecule has 1 atom stereocenters. The van der Waals surface area contributed by atoms with E-state index in [4.69, 9.17) is 10.5 Å². The lowest BCUT2D eigenvalue weighted by atomic mass is 10.1. The molecule has 2 rings (SSSR count). The highest BCUT2D eigenvalue weighted by Gasteiger charge is 2.08. The Morgan fingerprint density at radius 2 is 1.88 bits per heavy atom. The Hall–Kier alpha value is -1.52. The Balaban J connectivity index is 2.18. The largest absolute Gasteiger partial charge is 0.377 e. The molecule has 1 aromatic heterocycles. The number of nitrogens with zero attached hydrogens (tertiary/aromatic N) is 2. The molecule has 0 fully saturated rings. The van der Waals surface area contributed by atoms with Crippen LogP contribution in [0.25, 0.3) is 11.0 Å². The van der Waals surface area contributed by atoms with Crippen LogP contribution >= 0.6 is 0 Å². The Bertz CT molecular complexity index is 499. The molecule has 0 spiro atoms. The lowest BCUT2D eigenvalue weighted by Gasteiger charge is -2.14. The van der Waals surface area contributed by atoms with Crippen molar-refractivity contribution in [3.63, 3.8) is 0 Å². The first kappa shape index (κ1) is 12.0. The van der Waals surface area contributed by atoms with Gasteiger partial charge in [0.25, 0.3) is 0 Å². The normalized spacial score (nSPS) is 13.2. The number of benzene rings is 1. The van der Waals surface area contributed by atoms with Gasteiger partial charge in [-0.25, -0.2) is 0 Å². The lowest BCUT2D eigenvalue weighted by Crippen LogP contribution is -2.19. The molecule has 0 amide bonds. The molecule has 1 aromatic carbocycles. The molecule has 1 unspecified atom stereocenters. The second kappa shape index (κ2) is 5.21. The summed E-state index contributed by atoms with van der Waals surface area (Å²) >= 11 is 0. The highest BCUT2D eigenvalue weighted by Crippen LogP contribution is 2.16. The maximum Gasteiger partial charge on any atom is 0.0890 e. The van der Waals surface area contributed by atoms with Gasteiger partial charge in [0, 0.05) is 12.4 Å². The van der Waals surface area contributed by atoms with Crippen molar-refractivity contribution in [3.8, 4) is 0 Å². The van der Waals surface area contributed by atoms with E-state index in [0.717, 1.165) is 16.6 Å². The first-order valence-electron chi connectivity index (χ1n) is 5.74. The van der Waals surface area contributed by atoms with Crippen LogP contribution in [0.15, 0.2) is 30.6 Å². The van der Waals surface area contributed by atoms with Crippen molar-refractivity contribution in [3.05, 3.63) is 36.2 Å². The summed E-state index contributed by atoms with van der Waals surface area (Å²) in [6.45, 7) is 4.51. The van der Waals surface area contributed by atoms with E-state index in [9.17, 15) is 0 Å². The maximum absolute atomic E-state index is 6.06. The molecule has 1 heterocycles. The Labute approximate surface area is 101 Å². The summed E-state index contributed by atoms with van der Waals surface area (Å²) in [6, 6.07) is 5.76. The standard InChI is InChI=1S/C13H17N3O/c1-9(2)17-8-11(14)10-3-4-12-13(7-10)16-6-5-15-12/h3-7,9,11H,8,14H2,1-2H3. The first-order valence-corrected chi connectivity index (χ1v) is 5.74. The highest BCUT2D eigenvalue weighted by molar-refractivity contribution is 5.74. The number of hydrogen-bond acceptors (Lipinski definition) is 4. The third kappa shape index (κ3) is 2.99. The molecule has 17 heavy (non-hydrogen) atoms. The number of fused-ring (bicyclic) bond motifs is 1. The Kier molecular flexibility index (Phi) is 3.66.